The molecular weight excluding hydrogens is 336 g/mol. The van der Waals surface area contributed by atoms with Crippen LogP contribution in [0, 0.1) is 0 Å². The molecule has 1 aromatic heterocycles. The number of amides is 1. The van der Waals surface area contributed by atoms with Gasteiger partial charge in [-0.05, 0) is 60.2 Å². The molecule has 1 aliphatic carbocycles. The zero-order valence-electron chi connectivity index (χ0n) is 15.2. The van der Waals surface area contributed by atoms with Crippen LogP contribution >= 0.6 is 0 Å². The van der Waals surface area contributed by atoms with Gasteiger partial charge < -0.3 is 10.1 Å². The van der Waals surface area contributed by atoms with E-state index in [0.717, 1.165) is 29.8 Å². The minimum absolute atomic E-state index is 0.0187. The van der Waals surface area contributed by atoms with Gasteiger partial charge in [-0.2, -0.15) is 0 Å². The molecule has 27 heavy (non-hydrogen) atoms. The van der Waals surface area contributed by atoms with E-state index >= 15 is 0 Å². The molecule has 1 amide bonds. The number of anilines is 1. The van der Waals surface area contributed by atoms with Crippen molar-refractivity contribution in [2.45, 2.75) is 32.3 Å². The summed E-state index contributed by atoms with van der Waals surface area (Å²) in [5, 5.41) is 2.96. The number of nitrogens with one attached hydrogen (secondary N) is 1. The third-order valence-corrected chi connectivity index (χ3v) is 4.76. The summed E-state index contributed by atoms with van der Waals surface area (Å²) < 4.78 is 5.77. The van der Waals surface area contributed by atoms with Gasteiger partial charge in [0.05, 0.1) is 12.1 Å². The maximum atomic E-state index is 12.4. The highest BCUT2D eigenvalue weighted by atomic mass is 16.5. The summed E-state index contributed by atoms with van der Waals surface area (Å²) in [5.74, 6) is 0.686. The van der Waals surface area contributed by atoms with Crippen molar-refractivity contribution in [3.63, 3.8) is 0 Å². The van der Waals surface area contributed by atoms with Crippen LogP contribution in [0.5, 0.6) is 5.75 Å². The van der Waals surface area contributed by atoms with E-state index < -0.39 is 0 Å². The van der Waals surface area contributed by atoms with Crippen molar-refractivity contribution in [1.29, 1.82) is 0 Å². The highest BCUT2D eigenvalue weighted by Gasteiger charge is 2.12. The van der Waals surface area contributed by atoms with Crippen molar-refractivity contribution in [3.05, 3.63) is 89.2 Å². The third kappa shape index (κ3) is 4.53. The molecular formula is C23H22N2O2. The molecule has 0 saturated heterocycles. The Bertz CT molecular complexity index is 938. The quantitative estimate of drug-likeness (QED) is 0.713. The highest BCUT2D eigenvalue weighted by molar-refractivity contribution is 5.92. The maximum Gasteiger partial charge on any atom is 0.228 e. The van der Waals surface area contributed by atoms with Crippen molar-refractivity contribution in [1.82, 2.24) is 4.98 Å². The lowest BCUT2D eigenvalue weighted by molar-refractivity contribution is -0.115. The lowest BCUT2D eigenvalue weighted by Crippen LogP contribution is -2.14. The highest BCUT2D eigenvalue weighted by Crippen LogP contribution is 2.23. The molecule has 136 valence electrons. The number of aromatic nitrogens is 1. The molecule has 0 unspecified atom stereocenters. The Labute approximate surface area is 159 Å². The second kappa shape index (κ2) is 8.04. The first-order valence-corrected chi connectivity index (χ1v) is 9.29. The van der Waals surface area contributed by atoms with Gasteiger partial charge in [-0.15, -0.1) is 0 Å². The summed E-state index contributed by atoms with van der Waals surface area (Å²) >= 11 is 0. The van der Waals surface area contributed by atoms with Gasteiger partial charge in [0, 0.05) is 18.0 Å². The molecule has 3 aromatic rings. The number of benzene rings is 2. The number of rotatable bonds is 6. The number of carbonyl (C=O) groups is 1. The van der Waals surface area contributed by atoms with Crippen molar-refractivity contribution in [2.75, 3.05) is 5.32 Å². The van der Waals surface area contributed by atoms with E-state index in [-0.39, 0.29) is 5.91 Å². The van der Waals surface area contributed by atoms with E-state index in [4.69, 9.17) is 4.74 Å². The van der Waals surface area contributed by atoms with Crippen LogP contribution in [0.25, 0.3) is 0 Å². The average molecular weight is 358 g/mol. The molecule has 1 heterocycles. The number of ether oxygens (including phenoxy) is 1. The lowest BCUT2D eigenvalue weighted by Gasteiger charge is -2.10. The predicted molar refractivity (Wildman–Crippen MR) is 106 cm³/mol. The first-order valence-electron chi connectivity index (χ1n) is 9.29. The van der Waals surface area contributed by atoms with E-state index in [1.807, 2.05) is 42.5 Å². The Kier molecular flexibility index (Phi) is 5.15. The molecule has 0 radical (unpaired) electrons. The first-order chi connectivity index (χ1) is 13.3. The second-order valence-electron chi connectivity index (χ2n) is 6.82. The monoisotopic (exact) mass is 358 g/mol. The minimum atomic E-state index is -0.0187. The standard InChI is InChI=1S/C23H22N2O2/c26-23(14-17-10-11-18-5-3-6-19(18)13-17)25-20-8-4-9-22(15-20)27-16-21-7-1-2-12-24-21/h1-2,4,7-13,15H,3,5-6,14,16H2,(H,25,26). The molecule has 0 fully saturated rings. The Hall–Kier alpha value is -3.14. The van der Waals surface area contributed by atoms with Crippen LogP contribution in [0.15, 0.2) is 66.9 Å². The van der Waals surface area contributed by atoms with Crippen molar-refractivity contribution < 1.29 is 9.53 Å². The summed E-state index contributed by atoms with van der Waals surface area (Å²) in [5.41, 5.74) is 5.49. The molecule has 1 aliphatic rings. The van der Waals surface area contributed by atoms with Gasteiger partial charge in [-0.25, -0.2) is 0 Å². The van der Waals surface area contributed by atoms with E-state index in [0.29, 0.717) is 18.8 Å². The SMILES string of the molecule is O=C(Cc1ccc2c(c1)CCC2)Nc1cccc(OCc2ccccn2)c1. The summed E-state index contributed by atoms with van der Waals surface area (Å²) in [6.45, 7) is 0.396. The molecule has 4 rings (SSSR count). The average Bonchev–Trinajstić information content (AvgIpc) is 3.15. The van der Waals surface area contributed by atoms with Crippen LogP contribution in [0.3, 0.4) is 0 Å². The Morgan fingerprint density at radius 1 is 1.00 bits per heavy atom. The molecule has 0 bridgehead atoms. The fourth-order valence-corrected chi connectivity index (χ4v) is 3.43. The number of nitrogens with zero attached hydrogens (tertiary/aromatic N) is 1. The van der Waals surface area contributed by atoms with Crippen LogP contribution in [0.1, 0.15) is 28.8 Å². The molecule has 4 nitrogen and oxygen atoms in total. The van der Waals surface area contributed by atoms with E-state index in [1.54, 1.807) is 6.20 Å². The molecule has 0 atom stereocenters. The van der Waals surface area contributed by atoms with Gasteiger partial charge in [-0.3, -0.25) is 9.78 Å². The third-order valence-electron chi connectivity index (χ3n) is 4.76. The van der Waals surface area contributed by atoms with Gasteiger partial charge in [0.15, 0.2) is 0 Å². The van der Waals surface area contributed by atoms with Crippen molar-refractivity contribution in [2.24, 2.45) is 0 Å². The first kappa shape index (κ1) is 17.3. The van der Waals surface area contributed by atoms with Crippen LogP contribution in [0.2, 0.25) is 0 Å². The van der Waals surface area contributed by atoms with Crippen LogP contribution in [0.4, 0.5) is 5.69 Å². The number of hydrogen-bond acceptors (Lipinski definition) is 3. The number of carbonyl (C=O) groups excluding carboxylic acids is 1. The molecule has 0 aliphatic heterocycles. The molecule has 0 spiro atoms. The van der Waals surface area contributed by atoms with Gasteiger partial charge >= 0.3 is 0 Å². The van der Waals surface area contributed by atoms with Crippen molar-refractivity contribution >= 4 is 11.6 Å². The normalized spacial score (nSPS) is 12.4. The Morgan fingerprint density at radius 3 is 2.81 bits per heavy atom. The van der Waals surface area contributed by atoms with Crippen LogP contribution in [-0.4, -0.2) is 10.9 Å². The predicted octanol–water partition coefficient (Wildman–Crippen LogP) is 4.33. The van der Waals surface area contributed by atoms with Gasteiger partial charge in [0.1, 0.15) is 12.4 Å². The molecule has 0 saturated carbocycles. The zero-order valence-corrected chi connectivity index (χ0v) is 15.2. The summed E-state index contributed by atoms with van der Waals surface area (Å²) in [4.78, 5) is 16.7. The van der Waals surface area contributed by atoms with Crippen molar-refractivity contribution in [3.8, 4) is 5.75 Å². The zero-order chi connectivity index (χ0) is 18.5. The number of aryl methyl sites for hydroxylation is 2. The maximum absolute atomic E-state index is 12.4. The molecule has 2 aromatic carbocycles. The topological polar surface area (TPSA) is 51.2 Å². The lowest BCUT2D eigenvalue weighted by atomic mass is 10.0. The number of pyridine rings is 1. The summed E-state index contributed by atoms with van der Waals surface area (Å²) in [7, 11) is 0. The molecule has 4 heteroatoms. The number of hydrogen-bond donors (Lipinski definition) is 1. The smallest absolute Gasteiger partial charge is 0.228 e. The fraction of sp³-hybridized carbons (Fsp3) is 0.217. The summed E-state index contributed by atoms with van der Waals surface area (Å²) in [6.07, 6.45) is 5.63. The summed E-state index contributed by atoms with van der Waals surface area (Å²) in [6, 6.07) is 19.6. The largest absolute Gasteiger partial charge is 0.487 e. The van der Waals surface area contributed by atoms with Gasteiger partial charge in [0.25, 0.3) is 0 Å². The van der Waals surface area contributed by atoms with Gasteiger partial charge in [0.2, 0.25) is 5.91 Å². The molecule has 1 N–H and O–H groups in total. The number of fused-ring (bicyclic) bond motifs is 1. The van der Waals surface area contributed by atoms with Gasteiger partial charge in [-0.1, -0.05) is 30.3 Å². The van der Waals surface area contributed by atoms with Crippen LogP contribution < -0.4 is 10.1 Å². The van der Waals surface area contributed by atoms with E-state index in [2.05, 4.69) is 28.5 Å². The van der Waals surface area contributed by atoms with E-state index in [1.165, 1.54) is 17.5 Å². The Balaban J connectivity index is 1.35. The Morgan fingerprint density at radius 2 is 1.93 bits per heavy atom. The van der Waals surface area contributed by atoms with Crippen LogP contribution in [-0.2, 0) is 30.7 Å². The second-order valence-corrected chi connectivity index (χ2v) is 6.82. The van der Waals surface area contributed by atoms with E-state index in [9.17, 15) is 4.79 Å². The minimum Gasteiger partial charge on any atom is -0.487 e. The fourth-order valence-electron chi connectivity index (χ4n) is 3.43.